The van der Waals surface area contributed by atoms with Crippen LogP contribution in [0.3, 0.4) is 0 Å². The Morgan fingerprint density at radius 1 is 1.54 bits per heavy atom. The molecule has 0 aromatic rings. The molecule has 2 rings (SSSR count). The lowest BCUT2D eigenvalue weighted by molar-refractivity contribution is 0.00918. The average Bonchev–Trinajstić information content (AvgIpc) is 2.53. The quantitative estimate of drug-likeness (QED) is 0.669. The van der Waals surface area contributed by atoms with Crippen LogP contribution in [0.4, 0.5) is 0 Å². The number of ether oxygens (including phenoxy) is 1. The van der Waals surface area contributed by atoms with Crippen molar-refractivity contribution in [3.63, 3.8) is 0 Å². The number of hydrogen-bond acceptors (Lipinski definition) is 3. The standard InChI is InChI=1S/C10H20N2O/c1-9-2-4-12(7-9)8-10-6-11-3-5-13-10/h9-11H,2-8H2,1H3. The summed E-state index contributed by atoms with van der Waals surface area (Å²) in [5.74, 6) is 0.886. The molecule has 0 spiro atoms. The maximum atomic E-state index is 5.67. The highest BCUT2D eigenvalue weighted by Gasteiger charge is 2.22. The number of nitrogens with zero attached hydrogens (tertiary/aromatic N) is 1. The van der Waals surface area contributed by atoms with E-state index in [0.29, 0.717) is 6.10 Å². The highest BCUT2D eigenvalue weighted by Crippen LogP contribution is 2.15. The predicted octanol–water partition coefficient (Wildman–Crippen LogP) is 0.317. The molecule has 3 nitrogen and oxygen atoms in total. The Morgan fingerprint density at radius 2 is 2.46 bits per heavy atom. The molecule has 0 saturated carbocycles. The molecule has 2 saturated heterocycles. The fraction of sp³-hybridized carbons (Fsp3) is 1.00. The van der Waals surface area contributed by atoms with E-state index in [-0.39, 0.29) is 0 Å². The predicted molar refractivity (Wildman–Crippen MR) is 52.8 cm³/mol. The van der Waals surface area contributed by atoms with Gasteiger partial charge in [-0.2, -0.15) is 0 Å². The molecular weight excluding hydrogens is 164 g/mol. The van der Waals surface area contributed by atoms with Crippen LogP contribution < -0.4 is 5.32 Å². The zero-order chi connectivity index (χ0) is 9.10. The van der Waals surface area contributed by atoms with Crippen LogP contribution in [-0.2, 0) is 4.74 Å². The van der Waals surface area contributed by atoms with E-state index in [0.717, 1.165) is 32.2 Å². The first-order valence-corrected chi connectivity index (χ1v) is 5.39. The Bertz CT molecular complexity index is 154. The van der Waals surface area contributed by atoms with Crippen molar-refractivity contribution in [3.05, 3.63) is 0 Å². The van der Waals surface area contributed by atoms with Crippen LogP contribution in [0.25, 0.3) is 0 Å². The van der Waals surface area contributed by atoms with Crippen LogP contribution in [-0.4, -0.2) is 50.3 Å². The summed E-state index contributed by atoms with van der Waals surface area (Å²) in [4.78, 5) is 2.53. The van der Waals surface area contributed by atoms with Gasteiger partial charge in [-0.1, -0.05) is 6.92 Å². The molecule has 13 heavy (non-hydrogen) atoms. The zero-order valence-corrected chi connectivity index (χ0v) is 8.46. The second kappa shape index (κ2) is 4.40. The monoisotopic (exact) mass is 184 g/mol. The topological polar surface area (TPSA) is 24.5 Å². The molecule has 2 aliphatic heterocycles. The summed E-state index contributed by atoms with van der Waals surface area (Å²) >= 11 is 0. The molecular formula is C10H20N2O. The third-order valence-electron chi connectivity index (χ3n) is 2.97. The van der Waals surface area contributed by atoms with E-state index in [4.69, 9.17) is 4.74 Å². The molecule has 2 heterocycles. The third kappa shape index (κ3) is 2.66. The van der Waals surface area contributed by atoms with E-state index in [9.17, 15) is 0 Å². The molecule has 2 fully saturated rings. The number of hydrogen-bond donors (Lipinski definition) is 1. The van der Waals surface area contributed by atoms with Crippen molar-refractivity contribution in [2.45, 2.75) is 19.4 Å². The lowest BCUT2D eigenvalue weighted by Crippen LogP contribution is -2.44. The van der Waals surface area contributed by atoms with E-state index in [2.05, 4.69) is 17.1 Å². The second-order valence-corrected chi connectivity index (χ2v) is 4.35. The summed E-state index contributed by atoms with van der Waals surface area (Å²) in [5.41, 5.74) is 0. The van der Waals surface area contributed by atoms with Crippen molar-refractivity contribution in [2.75, 3.05) is 39.3 Å². The maximum Gasteiger partial charge on any atom is 0.0826 e. The molecule has 0 aliphatic carbocycles. The highest BCUT2D eigenvalue weighted by atomic mass is 16.5. The van der Waals surface area contributed by atoms with Gasteiger partial charge in [0.15, 0.2) is 0 Å². The maximum absolute atomic E-state index is 5.67. The Balaban J connectivity index is 1.71. The molecule has 2 atom stereocenters. The minimum Gasteiger partial charge on any atom is -0.374 e. The third-order valence-corrected chi connectivity index (χ3v) is 2.97. The van der Waals surface area contributed by atoms with Crippen LogP contribution >= 0.6 is 0 Å². The van der Waals surface area contributed by atoms with Crippen LogP contribution in [0.5, 0.6) is 0 Å². The van der Waals surface area contributed by atoms with Crippen LogP contribution in [0.2, 0.25) is 0 Å². The molecule has 0 amide bonds. The van der Waals surface area contributed by atoms with E-state index < -0.39 is 0 Å². The molecule has 1 N–H and O–H groups in total. The average molecular weight is 184 g/mol. The minimum atomic E-state index is 0.430. The van der Waals surface area contributed by atoms with Crippen molar-refractivity contribution in [1.82, 2.24) is 10.2 Å². The van der Waals surface area contributed by atoms with Crippen molar-refractivity contribution >= 4 is 0 Å². The molecule has 76 valence electrons. The summed E-state index contributed by atoms with van der Waals surface area (Å²) in [7, 11) is 0. The fourth-order valence-electron chi connectivity index (χ4n) is 2.22. The number of rotatable bonds is 2. The SMILES string of the molecule is CC1CCN(CC2CNCCO2)C1. The van der Waals surface area contributed by atoms with Gasteiger partial charge in [-0.05, 0) is 18.9 Å². The van der Waals surface area contributed by atoms with E-state index in [1.807, 2.05) is 0 Å². The Kier molecular flexibility index (Phi) is 3.19. The van der Waals surface area contributed by atoms with Crippen molar-refractivity contribution in [1.29, 1.82) is 0 Å². The molecule has 0 aromatic heterocycles. The van der Waals surface area contributed by atoms with Crippen molar-refractivity contribution in [3.8, 4) is 0 Å². The van der Waals surface area contributed by atoms with E-state index in [1.165, 1.54) is 19.5 Å². The number of nitrogens with one attached hydrogen (secondary N) is 1. The van der Waals surface area contributed by atoms with Gasteiger partial charge < -0.3 is 15.0 Å². The first-order valence-electron chi connectivity index (χ1n) is 5.39. The summed E-state index contributed by atoms with van der Waals surface area (Å²) < 4.78 is 5.67. The van der Waals surface area contributed by atoms with Crippen LogP contribution in [0, 0.1) is 5.92 Å². The molecule has 3 heteroatoms. The smallest absolute Gasteiger partial charge is 0.0826 e. The van der Waals surface area contributed by atoms with Gasteiger partial charge in [-0.15, -0.1) is 0 Å². The van der Waals surface area contributed by atoms with Gasteiger partial charge in [0.2, 0.25) is 0 Å². The van der Waals surface area contributed by atoms with Crippen LogP contribution in [0.1, 0.15) is 13.3 Å². The summed E-state index contributed by atoms with van der Waals surface area (Å²) in [6, 6.07) is 0. The summed E-state index contributed by atoms with van der Waals surface area (Å²) in [5, 5.41) is 3.37. The van der Waals surface area contributed by atoms with E-state index >= 15 is 0 Å². The Hall–Kier alpha value is -0.120. The zero-order valence-electron chi connectivity index (χ0n) is 8.46. The largest absolute Gasteiger partial charge is 0.374 e. The normalized spacial score (nSPS) is 36.7. The summed E-state index contributed by atoms with van der Waals surface area (Å²) in [6.07, 6.45) is 1.79. The molecule has 2 aliphatic rings. The van der Waals surface area contributed by atoms with E-state index in [1.54, 1.807) is 0 Å². The lowest BCUT2D eigenvalue weighted by Gasteiger charge is -2.27. The fourth-order valence-corrected chi connectivity index (χ4v) is 2.22. The lowest BCUT2D eigenvalue weighted by atomic mass is 10.2. The molecule has 2 unspecified atom stereocenters. The number of likely N-dealkylation sites (tertiary alicyclic amines) is 1. The van der Waals surface area contributed by atoms with Crippen molar-refractivity contribution in [2.24, 2.45) is 5.92 Å². The molecule has 0 bridgehead atoms. The van der Waals surface area contributed by atoms with Gasteiger partial charge in [-0.3, -0.25) is 0 Å². The van der Waals surface area contributed by atoms with Gasteiger partial charge in [-0.25, -0.2) is 0 Å². The number of morpholine rings is 1. The summed E-state index contributed by atoms with van der Waals surface area (Å²) in [6.45, 7) is 8.92. The highest BCUT2D eigenvalue weighted by molar-refractivity contribution is 4.77. The first-order chi connectivity index (χ1) is 6.34. The Morgan fingerprint density at radius 3 is 3.08 bits per heavy atom. The second-order valence-electron chi connectivity index (χ2n) is 4.35. The van der Waals surface area contributed by atoms with Crippen molar-refractivity contribution < 1.29 is 4.74 Å². The van der Waals surface area contributed by atoms with Gasteiger partial charge in [0.25, 0.3) is 0 Å². The molecule has 0 aromatic carbocycles. The minimum absolute atomic E-state index is 0.430. The van der Waals surface area contributed by atoms with Gasteiger partial charge in [0.05, 0.1) is 12.7 Å². The first kappa shape index (κ1) is 9.44. The van der Waals surface area contributed by atoms with Gasteiger partial charge >= 0.3 is 0 Å². The van der Waals surface area contributed by atoms with Gasteiger partial charge in [0.1, 0.15) is 0 Å². The Labute approximate surface area is 80.4 Å². The van der Waals surface area contributed by atoms with Crippen LogP contribution in [0.15, 0.2) is 0 Å². The van der Waals surface area contributed by atoms with Gasteiger partial charge in [0, 0.05) is 26.2 Å². The molecule has 0 radical (unpaired) electrons.